The van der Waals surface area contributed by atoms with Crippen molar-refractivity contribution in [2.75, 3.05) is 5.75 Å². The van der Waals surface area contributed by atoms with E-state index < -0.39 is 0 Å². The van der Waals surface area contributed by atoms with Gasteiger partial charge in [-0.05, 0) is 29.4 Å². The first-order valence-corrected chi connectivity index (χ1v) is 5.93. The fourth-order valence-electron chi connectivity index (χ4n) is 1.66. The molecule has 15 heavy (non-hydrogen) atoms. The van der Waals surface area contributed by atoms with E-state index >= 15 is 0 Å². The third-order valence-electron chi connectivity index (χ3n) is 2.57. The lowest BCUT2D eigenvalue weighted by atomic mass is 10.0. The number of nitrogens with zero attached hydrogens (tertiary/aromatic N) is 1. The highest BCUT2D eigenvalue weighted by molar-refractivity contribution is 7.80. The summed E-state index contributed by atoms with van der Waals surface area (Å²) in [5, 5.41) is 0. The molecule has 2 aromatic rings. The smallest absolute Gasteiger partial charge is 0.108 e. The van der Waals surface area contributed by atoms with Crippen LogP contribution in [0.1, 0.15) is 31.2 Å². The van der Waals surface area contributed by atoms with Gasteiger partial charge in [0.2, 0.25) is 0 Å². The maximum Gasteiger partial charge on any atom is 0.108 e. The molecule has 1 heterocycles. The van der Waals surface area contributed by atoms with Gasteiger partial charge in [-0.25, -0.2) is 4.98 Å². The predicted molar refractivity (Wildman–Crippen MR) is 67.7 cm³/mol. The summed E-state index contributed by atoms with van der Waals surface area (Å²) in [4.78, 5) is 7.83. The van der Waals surface area contributed by atoms with Gasteiger partial charge < -0.3 is 4.98 Å². The molecule has 0 atom stereocenters. The zero-order chi connectivity index (χ0) is 10.8. The molecule has 0 saturated carbocycles. The Bertz CT molecular complexity index is 460. The van der Waals surface area contributed by atoms with Crippen LogP contribution in [-0.2, 0) is 6.42 Å². The molecule has 0 aliphatic heterocycles. The van der Waals surface area contributed by atoms with Gasteiger partial charge in [-0.1, -0.05) is 19.9 Å². The highest BCUT2D eigenvalue weighted by atomic mass is 32.1. The number of thiol groups is 1. The normalized spacial score (nSPS) is 11.5. The van der Waals surface area contributed by atoms with Crippen LogP contribution in [0.2, 0.25) is 0 Å². The highest BCUT2D eigenvalue weighted by Crippen LogP contribution is 2.19. The molecule has 0 saturated heterocycles. The molecule has 1 N–H and O–H groups in total. The summed E-state index contributed by atoms with van der Waals surface area (Å²) < 4.78 is 0. The van der Waals surface area contributed by atoms with E-state index in [4.69, 9.17) is 0 Å². The second kappa shape index (κ2) is 4.27. The summed E-state index contributed by atoms with van der Waals surface area (Å²) in [6.45, 7) is 4.40. The van der Waals surface area contributed by atoms with Gasteiger partial charge in [0.1, 0.15) is 5.82 Å². The van der Waals surface area contributed by atoms with Crippen LogP contribution in [0, 0.1) is 0 Å². The Balaban J connectivity index is 2.43. The molecule has 0 spiro atoms. The Kier molecular flexibility index (Phi) is 3.00. The van der Waals surface area contributed by atoms with Crippen LogP contribution in [0.15, 0.2) is 18.2 Å². The van der Waals surface area contributed by atoms with Gasteiger partial charge in [-0.2, -0.15) is 12.6 Å². The van der Waals surface area contributed by atoms with E-state index in [1.807, 2.05) is 0 Å². The van der Waals surface area contributed by atoms with E-state index in [0.29, 0.717) is 5.92 Å². The standard InChI is InChI=1S/C12H16N2S/c1-8(2)9-3-4-10-11(7-9)14-12(13-10)5-6-15/h3-4,7-8,15H,5-6H2,1-2H3,(H,13,14). The van der Waals surface area contributed by atoms with Crippen LogP contribution in [0.3, 0.4) is 0 Å². The lowest BCUT2D eigenvalue weighted by molar-refractivity contribution is 0.868. The molecule has 2 nitrogen and oxygen atoms in total. The van der Waals surface area contributed by atoms with Gasteiger partial charge in [0.05, 0.1) is 11.0 Å². The van der Waals surface area contributed by atoms with E-state index in [1.165, 1.54) is 5.56 Å². The molecule has 0 bridgehead atoms. The van der Waals surface area contributed by atoms with Crippen molar-refractivity contribution in [3.05, 3.63) is 29.6 Å². The van der Waals surface area contributed by atoms with Gasteiger partial charge in [0, 0.05) is 6.42 Å². The van der Waals surface area contributed by atoms with E-state index in [1.54, 1.807) is 0 Å². The highest BCUT2D eigenvalue weighted by Gasteiger charge is 2.04. The zero-order valence-corrected chi connectivity index (χ0v) is 10.0. The fourth-order valence-corrected chi connectivity index (χ4v) is 1.88. The minimum absolute atomic E-state index is 0.561. The van der Waals surface area contributed by atoms with Crippen molar-refractivity contribution in [1.29, 1.82) is 0 Å². The first kappa shape index (κ1) is 10.6. The van der Waals surface area contributed by atoms with Crippen LogP contribution in [0.5, 0.6) is 0 Å². The van der Waals surface area contributed by atoms with Crippen LogP contribution in [-0.4, -0.2) is 15.7 Å². The lowest BCUT2D eigenvalue weighted by Gasteiger charge is -2.03. The number of imidazole rings is 1. The summed E-state index contributed by atoms with van der Waals surface area (Å²) in [7, 11) is 0. The summed E-state index contributed by atoms with van der Waals surface area (Å²) >= 11 is 4.21. The van der Waals surface area contributed by atoms with Crippen molar-refractivity contribution in [2.24, 2.45) is 0 Å². The minimum Gasteiger partial charge on any atom is -0.342 e. The van der Waals surface area contributed by atoms with Crippen LogP contribution in [0.25, 0.3) is 11.0 Å². The molecule has 0 aliphatic carbocycles. The Morgan fingerprint density at radius 1 is 1.40 bits per heavy atom. The third-order valence-corrected chi connectivity index (χ3v) is 2.79. The summed E-state index contributed by atoms with van der Waals surface area (Å²) in [5.41, 5.74) is 3.54. The molecule has 2 rings (SSSR count). The molecule has 0 amide bonds. The fraction of sp³-hybridized carbons (Fsp3) is 0.417. The van der Waals surface area contributed by atoms with Gasteiger partial charge in [-0.3, -0.25) is 0 Å². The van der Waals surface area contributed by atoms with E-state index in [-0.39, 0.29) is 0 Å². The quantitative estimate of drug-likeness (QED) is 0.764. The predicted octanol–water partition coefficient (Wildman–Crippen LogP) is 3.16. The molecule has 3 heteroatoms. The maximum atomic E-state index is 4.50. The molecule has 1 aromatic carbocycles. The van der Waals surface area contributed by atoms with Gasteiger partial charge in [0.15, 0.2) is 0 Å². The monoisotopic (exact) mass is 220 g/mol. The Morgan fingerprint density at radius 2 is 2.20 bits per heavy atom. The van der Waals surface area contributed by atoms with Crippen molar-refractivity contribution in [3.63, 3.8) is 0 Å². The summed E-state index contributed by atoms with van der Waals surface area (Å²) in [6.07, 6.45) is 0.898. The topological polar surface area (TPSA) is 28.7 Å². The van der Waals surface area contributed by atoms with Gasteiger partial charge >= 0.3 is 0 Å². The van der Waals surface area contributed by atoms with Crippen LogP contribution >= 0.6 is 12.6 Å². The second-order valence-electron chi connectivity index (χ2n) is 4.09. The molecular weight excluding hydrogens is 204 g/mol. The Morgan fingerprint density at radius 3 is 2.87 bits per heavy atom. The lowest BCUT2D eigenvalue weighted by Crippen LogP contribution is -1.87. The number of aromatic amines is 1. The number of hydrogen-bond acceptors (Lipinski definition) is 2. The van der Waals surface area contributed by atoms with Crippen molar-refractivity contribution in [1.82, 2.24) is 9.97 Å². The first-order valence-electron chi connectivity index (χ1n) is 5.30. The minimum atomic E-state index is 0.561. The summed E-state index contributed by atoms with van der Waals surface area (Å²) in [5.74, 6) is 2.42. The van der Waals surface area contributed by atoms with E-state index in [9.17, 15) is 0 Å². The van der Waals surface area contributed by atoms with E-state index in [2.05, 4.69) is 54.6 Å². The number of aryl methyl sites for hydroxylation is 1. The third kappa shape index (κ3) is 2.17. The number of H-pyrrole nitrogens is 1. The second-order valence-corrected chi connectivity index (χ2v) is 4.54. The number of benzene rings is 1. The van der Waals surface area contributed by atoms with Gasteiger partial charge in [-0.15, -0.1) is 0 Å². The molecule has 80 valence electrons. The number of rotatable bonds is 3. The number of fused-ring (bicyclic) bond motifs is 1. The zero-order valence-electron chi connectivity index (χ0n) is 9.12. The van der Waals surface area contributed by atoms with Crippen molar-refractivity contribution in [3.8, 4) is 0 Å². The first-order chi connectivity index (χ1) is 7.20. The molecular formula is C12H16N2S. The molecule has 0 fully saturated rings. The molecule has 0 unspecified atom stereocenters. The number of aromatic nitrogens is 2. The van der Waals surface area contributed by atoms with Crippen molar-refractivity contribution < 1.29 is 0 Å². The SMILES string of the molecule is CC(C)c1ccc2nc(CCS)[nH]c2c1. The number of hydrogen-bond donors (Lipinski definition) is 2. The van der Waals surface area contributed by atoms with Crippen LogP contribution < -0.4 is 0 Å². The van der Waals surface area contributed by atoms with E-state index in [0.717, 1.165) is 29.0 Å². The van der Waals surface area contributed by atoms with Crippen LogP contribution in [0.4, 0.5) is 0 Å². The average molecular weight is 220 g/mol. The average Bonchev–Trinajstić information content (AvgIpc) is 2.59. The Hall–Kier alpha value is -0.960. The molecule has 0 radical (unpaired) electrons. The summed E-state index contributed by atoms with van der Waals surface area (Å²) in [6, 6.07) is 6.43. The van der Waals surface area contributed by atoms with Crippen molar-refractivity contribution >= 4 is 23.7 Å². The van der Waals surface area contributed by atoms with Crippen molar-refractivity contribution in [2.45, 2.75) is 26.2 Å². The maximum absolute atomic E-state index is 4.50. The largest absolute Gasteiger partial charge is 0.342 e. The molecule has 0 aliphatic rings. The molecule has 1 aromatic heterocycles. The Labute approximate surface area is 95.5 Å². The van der Waals surface area contributed by atoms with Gasteiger partial charge in [0.25, 0.3) is 0 Å². The number of nitrogens with one attached hydrogen (secondary N) is 1.